The number of carbonyl (C=O) groups is 1. The van der Waals surface area contributed by atoms with Gasteiger partial charge < -0.3 is 35.7 Å². The number of aromatic nitrogens is 4. The highest BCUT2D eigenvalue weighted by atomic mass is 32.2. The molecule has 6 rings (SSSR count). The SMILES string of the molecule is CC(C)Nc1cccnc1N1CCN(C(=O)c2cc3cc(NS(C)(=O)=O)ccc3[nH]2)CC1.Nc1ccn([C@@H]2CS[C@H](CO)O2)c(=O)n1. The number of nitrogens with zero attached hydrogens (tertiary/aromatic N) is 5. The average Bonchev–Trinajstić information content (AvgIpc) is 3.68. The number of hydrogen-bond donors (Lipinski definition) is 5. The van der Waals surface area contributed by atoms with Gasteiger partial charge in [0.05, 0.1) is 18.6 Å². The molecular weight excluding hydrogens is 647 g/mol. The highest BCUT2D eigenvalue weighted by Crippen LogP contribution is 2.30. The van der Waals surface area contributed by atoms with Gasteiger partial charge in [0.25, 0.3) is 5.91 Å². The minimum absolute atomic E-state index is 0.0572. The van der Waals surface area contributed by atoms with Crippen LogP contribution < -0.4 is 26.4 Å². The average molecular weight is 686 g/mol. The minimum atomic E-state index is -3.36. The Morgan fingerprint density at radius 2 is 1.96 bits per heavy atom. The highest BCUT2D eigenvalue weighted by Gasteiger charge is 2.28. The summed E-state index contributed by atoms with van der Waals surface area (Å²) < 4.78 is 32.2. The van der Waals surface area contributed by atoms with E-state index in [4.69, 9.17) is 15.6 Å². The molecule has 2 atom stereocenters. The molecule has 252 valence electrons. The lowest BCUT2D eigenvalue weighted by Crippen LogP contribution is -2.49. The summed E-state index contributed by atoms with van der Waals surface area (Å²) >= 11 is 1.47. The van der Waals surface area contributed by atoms with E-state index >= 15 is 0 Å². The van der Waals surface area contributed by atoms with Crippen molar-refractivity contribution in [1.82, 2.24) is 24.4 Å². The smallest absolute Gasteiger partial charge is 0.351 e. The van der Waals surface area contributed by atoms with Gasteiger partial charge in [0.15, 0.2) is 5.82 Å². The van der Waals surface area contributed by atoms with Crippen LogP contribution in [-0.4, -0.2) is 100 Å². The topological polar surface area (TPSA) is 201 Å². The number of pyridine rings is 1. The quantitative estimate of drug-likeness (QED) is 0.181. The maximum absolute atomic E-state index is 13.1. The Kier molecular flexibility index (Phi) is 10.6. The molecule has 0 spiro atoms. The van der Waals surface area contributed by atoms with E-state index in [0.29, 0.717) is 49.4 Å². The summed E-state index contributed by atoms with van der Waals surface area (Å²) in [4.78, 5) is 39.8. The van der Waals surface area contributed by atoms with Gasteiger partial charge in [-0.3, -0.25) is 14.1 Å². The lowest BCUT2D eigenvalue weighted by molar-refractivity contribution is -0.00629. The summed E-state index contributed by atoms with van der Waals surface area (Å²) in [6.45, 7) is 6.69. The molecular formula is C30H39N9O6S2. The Labute approximate surface area is 276 Å². The second-order valence-electron chi connectivity index (χ2n) is 11.4. The van der Waals surface area contributed by atoms with Crippen molar-refractivity contribution in [3.63, 3.8) is 0 Å². The number of nitrogen functional groups attached to an aromatic ring is 1. The van der Waals surface area contributed by atoms with Crippen LogP contribution in [-0.2, 0) is 14.8 Å². The second-order valence-corrected chi connectivity index (χ2v) is 14.3. The number of anilines is 4. The van der Waals surface area contributed by atoms with Crippen molar-refractivity contribution in [3.05, 3.63) is 71.0 Å². The molecule has 4 aromatic rings. The number of benzene rings is 1. The summed E-state index contributed by atoms with van der Waals surface area (Å²) in [6, 6.07) is 12.7. The normalized spacial score (nSPS) is 18.2. The number of piperazine rings is 1. The number of aromatic amines is 1. The number of amides is 1. The van der Waals surface area contributed by atoms with Gasteiger partial charge in [-0.25, -0.2) is 18.2 Å². The van der Waals surface area contributed by atoms with Crippen LogP contribution in [0.3, 0.4) is 0 Å². The van der Waals surface area contributed by atoms with Gasteiger partial charge in [-0.05, 0) is 56.3 Å². The van der Waals surface area contributed by atoms with Crippen LogP contribution in [0.4, 0.5) is 23.0 Å². The molecule has 0 saturated carbocycles. The molecule has 0 bridgehead atoms. The standard InChI is InChI=1S/C22H28N6O3S.C8H11N3O3S/c1-15(2)24-19-5-4-8-23-21(19)27-9-11-28(12-10-27)22(29)20-14-16-13-17(26-32(3,30)31)6-7-18(16)25-20;9-5-1-2-11(8(13)10-5)6-4-15-7(3-12)14-6/h4-8,13-15,24-26H,9-12H2,1-3H3;1-2,6-7,12H,3-4H2,(H2,9,10,13)/t;6-,7+/m.0/s1. The lowest BCUT2D eigenvalue weighted by atomic mass is 10.2. The molecule has 5 heterocycles. The van der Waals surface area contributed by atoms with Crippen LogP contribution in [0.2, 0.25) is 0 Å². The van der Waals surface area contributed by atoms with Gasteiger partial charge in [0.2, 0.25) is 10.0 Å². The number of aliphatic hydroxyl groups is 1. The molecule has 15 nitrogen and oxygen atoms in total. The Balaban J connectivity index is 0.000000241. The molecule has 1 aromatic carbocycles. The largest absolute Gasteiger partial charge is 0.393 e. The summed E-state index contributed by atoms with van der Waals surface area (Å²) in [5.41, 5.74) is 7.41. The second kappa shape index (κ2) is 14.6. The third-order valence-corrected chi connectivity index (χ3v) is 9.01. The molecule has 47 heavy (non-hydrogen) atoms. The van der Waals surface area contributed by atoms with Crippen molar-refractivity contribution in [2.75, 3.05) is 65.5 Å². The maximum atomic E-state index is 13.1. The third-order valence-electron chi connectivity index (χ3n) is 7.30. The van der Waals surface area contributed by atoms with E-state index in [1.165, 1.54) is 16.3 Å². The van der Waals surface area contributed by atoms with Crippen LogP contribution in [0.1, 0.15) is 30.6 Å². The van der Waals surface area contributed by atoms with E-state index in [-0.39, 0.29) is 30.0 Å². The molecule has 2 aliphatic rings. The number of sulfonamides is 1. The predicted octanol–water partition coefficient (Wildman–Crippen LogP) is 2.12. The van der Waals surface area contributed by atoms with Crippen LogP contribution in [0.15, 0.2) is 59.7 Å². The molecule has 2 fully saturated rings. The molecule has 6 N–H and O–H groups in total. The number of fused-ring (bicyclic) bond motifs is 1. The van der Waals surface area contributed by atoms with Gasteiger partial charge in [-0.2, -0.15) is 4.98 Å². The first kappa shape index (κ1) is 34.0. The molecule has 3 aromatic heterocycles. The van der Waals surface area contributed by atoms with Crippen molar-refractivity contribution < 1.29 is 23.1 Å². The fourth-order valence-electron chi connectivity index (χ4n) is 5.22. The fraction of sp³-hybridized carbons (Fsp3) is 0.400. The molecule has 0 unspecified atom stereocenters. The van der Waals surface area contributed by atoms with Crippen LogP contribution in [0, 0.1) is 0 Å². The number of nitrogens with one attached hydrogen (secondary N) is 3. The fourth-order valence-corrected chi connectivity index (χ4v) is 6.71. The van der Waals surface area contributed by atoms with E-state index in [2.05, 4.69) is 43.7 Å². The number of ether oxygens (including phenoxy) is 1. The first-order valence-electron chi connectivity index (χ1n) is 15.0. The van der Waals surface area contributed by atoms with Gasteiger partial charge in [0.1, 0.15) is 23.2 Å². The number of rotatable bonds is 8. The van der Waals surface area contributed by atoms with E-state index < -0.39 is 15.7 Å². The number of nitrogens with two attached hydrogens (primary N) is 1. The molecule has 0 aliphatic carbocycles. The highest BCUT2D eigenvalue weighted by molar-refractivity contribution is 8.00. The Morgan fingerprint density at radius 1 is 1.19 bits per heavy atom. The molecule has 1 amide bonds. The monoisotopic (exact) mass is 685 g/mol. The van der Waals surface area contributed by atoms with Crippen molar-refractivity contribution in [2.45, 2.75) is 31.6 Å². The first-order valence-corrected chi connectivity index (χ1v) is 17.9. The van der Waals surface area contributed by atoms with Crippen LogP contribution in [0.25, 0.3) is 10.9 Å². The van der Waals surface area contributed by atoms with Crippen molar-refractivity contribution >= 4 is 61.6 Å². The first-order chi connectivity index (χ1) is 22.4. The summed E-state index contributed by atoms with van der Waals surface area (Å²) in [6.07, 6.45) is 4.08. The molecule has 2 aliphatic heterocycles. The zero-order chi connectivity index (χ0) is 33.7. The van der Waals surface area contributed by atoms with Crippen molar-refractivity contribution in [2.24, 2.45) is 0 Å². The van der Waals surface area contributed by atoms with E-state index in [9.17, 15) is 18.0 Å². The van der Waals surface area contributed by atoms with E-state index in [1.807, 2.05) is 17.0 Å². The van der Waals surface area contributed by atoms with E-state index in [0.717, 1.165) is 28.7 Å². The van der Waals surface area contributed by atoms with Crippen molar-refractivity contribution in [1.29, 1.82) is 0 Å². The number of aliphatic hydroxyl groups excluding tert-OH is 1. The van der Waals surface area contributed by atoms with Gasteiger partial charge in [-0.1, -0.05) is 0 Å². The number of carbonyl (C=O) groups excluding carboxylic acids is 1. The van der Waals surface area contributed by atoms with Gasteiger partial charge >= 0.3 is 5.69 Å². The number of hydrogen-bond acceptors (Lipinski definition) is 12. The van der Waals surface area contributed by atoms with Crippen molar-refractivity contribution in [3.8, 4) is 0 Å². The van der Waals surface area contributed by atoms with Gasteiger partial charge in [0, 0.05) is 67.0 Å². The summed E-state index contributed by atoms with van der Waals surface area (Å²) in [5.74, 6) is 1.65. The molecule has 0 radical (unpaired) electrons. The lowest BCUT2D eigenvalue weighted by Gasteiger charge is -2.36. The Bertz CT molecular complexity index is 1870. The molecule has 2 saturated heterocycles. The van der Waals surface area contributed by atoms with Gasteiger partial charge in [-0.15, -0.1) is 11.8 Å². The minimum Gasteiger partial charge on any atom is -0.393 e. The van der Waals surface area contributed by atoms with E-state index in [1.54, 1.807) is 42.7 Å². The summed E-state index contributed by atoms with van der Waals surface area (Å²) in [7, 11) is -3.36. The number of H-pyrrole nitrogens is 1. The predicted molar refractivity (Wildman–Crippen MR) is 184 cm³/mol. The summed E-state index contributed by atoms with van der Waals surface area (Å²) in [5, 5.41) is 13.1. The third kappa shape index (κ3) is 8.73. The van der Waals surface area contributed by atoms with Crippen LogP contribution >= 0.6 is 11.8 Å². The Morgan fingerprint density at radius 3 is 2.62 bits per heavy atom. The molecule has 17 heteroatoms. The zero-order valence-corrected chi connectivity index (χ0v) is 27.9. The Hall–Kier alpha value is -4.32. The zero-order valence-electron chi connectivity index (χ0n) is 26.3. The van der Waals surface area contributed by atoms with Crippen LogP contribution in [0.5, 0.6) is 0 Å². The maximum Gasteiger partial charge on any atom is 0.351 e. The number of thioether (sulfide) groups is 1.